The fraction of sp³-hybridized carbons (Fsp3) is 0.500. The van der Waals surface area contributed by atoms with Gasteiger partial charge >= 0.3 is 0 Å². The molecule has 2 rings (SSSR count). The number of pyridine rings is 1. The summed E-state index contributed by atoms with van der Waals surface area (Å²) in [6.07, 6.45) is 5.33. The first kappa shape index (κ1) is 21.5. The predicted octanol–water partition coefficient (Wildman–Crippen LogP) is 1.89. The average molecular weight is 362 g/mol. The maximum atomic E-state index is 10.8. The second kappa shape index (κ2) is 7.78. The summed E-state index contributed by atoms with van der Waals surface area (Å²) in [6.45, 7) is 15.9. The van der Waals surface area contributed by atoms with Crippen LogP contribution in [-0.2, 0) is 23.8 Å². The van der Waals surface area contributed by atoms with Gasteiger partial charge in [0.05, 0.1) is 0 Å². The van der Waals surface area contributed by atoms with E-state index in [-0.39, 0.29) is 23.2 Å². The third kappa shape index (κ3) is 5.22. The topological polar surface area (TPSA) is 24.1 Å². The highest BCUT2D eigenvalue weighted by molar-refractivity contribution is 5.49. The summed E-state index contributed by atoms with van der Waals surface area (Å²) in [6, 6.07) is 8.67. The van der Waals surface area contributed by atoms with E-state index in [1.165, 1.54) is 11.1 Å². The number of aryl methyl sites for hydroxylation is 1. The van der Waals surface area contributed by atoms with Crippen LogP contribution >= 0.6 is 0 Å². The van der Waals surface area contributed by atoms with E-state index in [2.05, 4.69) is 89.7 Å². The van der Waals surface area contributed by atoms with Crippen molar-refractivity contribution >= 4 is 0 Å². The zero-order chi connectivity index (χ0) is 18.1. The predicted molar refractivity (Wildman–Crippen MR) is 101 cm³/mol. The van der Waals surface area contributed by atoms with Gasteiger partial charge in [-0.1, -0.05) is 48.5 Å². The molecule has 2 nitrogen and oxygen atoms in total. The minimum atomic E-state index is -0.0865. The van der Waals surface area contributed by atoms with Gasteiger partial charge in [-0.15, -0.1) is 0 Å². The monoisotopic (exact) mass is 361 g/mol. The Kier molecular flexibility index (Phi) is 6.69. The zero-order valence-electron chi connectivity index (χ0n) is 16.7. The molecule has 1 N–H and O–H groups in total. The summed E-state index contributed by atoms with van der Waals surface area (Å²) in [5.41, 5.74) is 4.46. The van der Waals surface area contributed by atoms with E-state index in [1.807, 2.05) is 0 Å². The van der Waals surface area contributed by atoms with E-state index in [1.54, 1.807) is 0 Å². The van der Waals surface area contributed by atoms with Crippen molar-refractivity contribution in [1.82, 2.24) is 0 Å². The van der Waals surface area contributed by atoms with Crippen molar-refractivity contribution in [2.75, 3.05) is 0 Å². The van der Waals surface area contributed by atoms with Crippen molar-refractivity contribution in [3.8, 4) is 5.75 Å². The number of phenolic OH excluding ortho intramolecular Hbond substituents is 1. The number of rotatable bonds is 3. The first-order chi connectivity index (χ1) is 11.0. The molecule has 0 spiro atoms. The number of benzene rings is 1. The molecular formula is C22H32ClNO. The standard InChI is InChI=1S/C22H31NO.ClH/c1-8-16-9-11-23(12-10-16)15-17-13-18(21(2,3)4)20(24)19(14-17)22(5,6)7;/h9-14H,8,15H2,1-7H3;1H. The summed E-state index contributed by atoms with van der Waals surface area (Å²) in [4.78, 5) is 0. The Labute approximate surface area is 159 Å². The molecule has 138 valence electrons. The molecule has 0 saturated heterocycles. The summed E-state index contributed by atoms with van der Waals surface area (Å²) in [5, 5.41) is 10.8. The van der Waals surface area contributed by atoms with E-state index in [4.69, 9.17) is 0 Å². The van der Waals surface area contributed by atoms with Crippen molar-refractivity contribution in [3.63, 3.8) is 0 Å². The van der Waals surface area contributed by atoms with E-state index >= 15 is 0 Å². The molecule has 0 fully saturated rings. The van der Waals surface area contributed by atoms with Gasteiger partial charge in [0.2, 0.25) is 0 Å². The van der Waals surface area contributed by atoms with Crippen molar-refractivity contribution in [3.05, 3.63) is 58.9 Å². The van der Waals surface area contributed by atoms with Crippen LogP contribution in [0.15, 0.2) is 36.7 Å². The Hall–Kier alpha value is -1.54. The SMILES string of the molecule is CCc1cc[n+](Cc2cc(C(C)(C)C)c(O)c(C(C)(C)C)c2)cc1.[Cl-]. The average Bonchev–Trinajstić information content (AvgIpc) is 2.47. The van der Waals surface area contributed by atoms with Crippen LogP contribution in [0.3, 0.4) is 0 Å². The molecule has 0 atom stereocenters. The van der Waals surface area contributed by atoms with Crippen molar-refractivity contribution in [1.29, 1.82) is 0 Å². The molecule has 0 radical (unpaired) electrons. The van der Waals surface area contributed by atoms with Crippen LogP contribution in [-0.4, -0.2) is 5.11 Å². The minimum absolute atomic E-state index is 0. The lowest BCUT2D eigenvalue weighted by atomic mass is 9.78. The van der Waals surface area contributed by atoms with E-state index in [0.717, 1.165) is 24.1 Å². The molecule has 1 aromatic heterocycles. The number of aromatic hydroxyl groups is 1. The third-order valence-electron chi connectivity index (χ3n) is 4.52. The molecule has 0 amide bonds. The van der Waals surface area contributed by atoms with Gasteiger partial charge in [-0.05, 0) is 34.9 Å². The molecule has 1 heterocycles. The van der Waals surface area contributed by atoms with E-state index < -0.39 is 0 Å². The van der Waals surface area contributed by atoms with Gasteiger partial charge in [-0.3, -0.25) is 0 Å². The van der Waals surface area contributed by atoms with Crippen molar-refractivity contribution < 1.29 is 22.1 Å². The molecule has 0 aliphatic carbocycles. The fourth-order valence-electron chi connectivity index (χ4n) is 2.97. The lowest BCUT2D eigenvalue weighted by Gasteiger charge is -2.27. The Morgan fingerprint density at radius 3 is 1.64 bits per heavy atom. The van der Waals surface area contributed by atoms with Gasteiger partial charge < -0.3 is 17.5 Å². The number of nitrogens with zero attached hydrogens (tertiary/aromatic N) is 1. The maximum absolute atomic E-state index is 10.8. The second-order valence-corrected chi connectivity index (χ2v) is 8.77. The van der Waals surface area contributed by atoms with Crippen LogP contribution in [0.1, 0.15) is 70.7 Å². The molecule has 0 saturated carbocycles. The fourth-order valence-corrected chi connectivity index (χ4v) is 2.97. The van der Waals surface area contributed by atoms with Gasteiger partial charge in [0.15, 0.2) is 18.9 Å². The largest absolute Gasteiger partial charge is 1.00 e. The van der Waals surface area contributed by atoms with Crippen LogP contribution in [0.4, 0.5) is 0 Å². The molecular weight excluding hydrogens is 330 g/mol. The molecule has 0 aliphatic rings. The van der Waals surface area contributed by atoms with Crippen molar-refractivity contribution in [2.45, 2.75) is 72.3 Å². The Morgan fingerprint density at radius 2 is 1.28 bits per heavy atom. The van der Waals surface area contributed by atoms with Crippen LogP contribution in [0, 0.1) is 0 Å². The number of halogens is 1. The Balaban J connectivity index is 0.00000312. The van der Waals surface area contributed by atoms with Gasteiger partial charge in [0.1, 0.15) is 5.75 Å². The lowest BCUT2D eigenvalue weighted by molar-refractivity contribution is -0.688. The highest BCUT2D eigenvalue weighted by Crippen LogP contribution is 2.39. The number of hydrogen-bond donors (Lipinski definition) is 1. The Bertz CT molecular complexity index is 671. The highest BCUT2D eigenvalue weighted by Gasteiger charge is 2.27. The number of phenols is 1. The molecule has 1 aromatic carbocycles. The van der Waals surface area contributed by atoms with Crippen LogP contribution in [0.25, 0.3) is 0 Å². The minimum Gasteiger partial charge on any atom is -1.00 e. The second-order valence-electron chi connectivity index (χ2n) is 8.77. The van der Waals surface area contributed by atoms with Crippen LogP contribution in [0.5, 0.6) is 5.75 Å². The molecule has 3 heteroatoms. The molecule has 0 aliphatic heterocycles. The van der Waals surface area contributed by atoms with Gasteiger partial charge in [-0.25, -0.2) is 4.57 Å². The van der Waals surface area contributed by atoms with E-state index in [9.17, 15) is 5.11 Å². The zero-order valence-corrected chi connectivity index (χ0v) is 17.4. The van der Waals surface area contributed by atoms with Gasteiger partial charge in [-0.2, -0.15) is 0 Å². The quantitative estimate of drug-likeness (QED) is 0.829. The normalized spacial score (nSPS) is 12.0. The number of hydrogen-bond acceptors (Lipinski definition) is 1. The van der Waals surface area contributed by atoms with Crippen LogP contribution < -0.4 is 17.0 Å². The maximum Gasteiger partial charge on any atom is 0.173 e. The van der Waals surface area contributed by atoms with Crippen LogP contribution in [0.2, 0.25) is 0 Å². The molecule has 0 unspecified atom stereocenters. The molecule has 25 heavy (non-hydrogen) atoms. The van der Waals surface area contributed by atoms with E-state index in [0.29, 0.717) is 5.75 Å². The first-order valence-electron chi connectivity index (χ1n) is 8.87. The molecule has 2 aromatic rings. The summed E-state index contributed by atoms with van der Waals surface area (Å²) in [5.74, 6) is 0.449. The molecule has 0 bridgehead atoms. The highest BCUT2D eigenvalue weighted by atomic mass is 35.5. The lowest BCUT2D eigenvalue weighted by Crippen LogP contribution is -3.00. The summed E-state index contributed by atoms with van der Waals surface area (Å²) in [7, 11) is 0. The smallest absolute Gasteiger partial charge is 0.173 e. The summed E-state index contributed by atoms with van der Waals surface area (Å²) < 4.78 is 2.20. The third-order valence-corrected chi connectivity index (χ3v) is 4.52. The van der Waals surface area contributed by atoms with Gasteiger partial charge in [0.25, 0.3) is 0 Å². The van der Waals surface area contributed by atoms with Crippen molar-refractivity contribution in [2.24, 2.45) is 0 Å². The number of aromatic nitrogens is 1. The Morgan fingerprint density at radius 1 is 0.840 bits per heavy atom. The first-order valence-corrected chi connectivity index (χ1v) is 8.87. The van der Waals surface area contributed by atoms with Gasteiger partial charge in [0, 0.05) is 28.8 Å². The summed E-state index contributed by atoms with van der Waals surface area (Å²) >= 11 is 0.